The molecule has 0 bridgehead atoms. The fourth-order valence-corrected chi connectivity index (χ4v) is 4.84. The van der Waals surface area contributed by atoms with Crippen LogP contribution in [0.25, 0.3) is 11.5 Å². The number of carbonyl (C=O) groups is 2. The van der Waals surface area contributed by atoms with Crippen LogP contribution in [0.3, 0.4) is 0 Å². The normalized spacial score (nSPS) is 14.9. The summed E-state index contributed by atoms with van der Waals surface area (Å²) in [7, 11) is -2.74. The predicted octanol–water partition coefficient (Wildman–Crippen LogP) is 3.13. The van der Waals surface area contributed by atoms with Gasteiger partial charge in [-0.25, -0.2) is 12.8 Å². The average molecular weight is 534 g/mol. The highest BCUT2D eigenvalue weighted by Crippen LogP contribution is 2.37. The van der Waals surface area contributed by atoms with Crippen molar-refractivity contribution in [2.75, 3.05) is 11.9 Å². The highest BCUT2D eigenvalue weighted by Gasteiger charge is 2.33. The molecule has 1 aliphatic rings. The number of fused-ring (bicyclic) bond motifs is 1. The standard InChI is InChI=1S/C23H21ClFN5O5S/c1-12(2)29(3)23(32)21-28-27-20(35-21)15-8-18-19(9-16(15)25)36(33,34)11-17(26)22(31)30(18)10-13-4-6-14(24)7-5-13/h4-9,11-12H,10,26H2,1-3H3. The van der Waals surface area contributed by atoms with E-state index in [0.717, 1.165) is 17.0 Å². The molecule has 3 aromatic rings. The van der Waals surface area contributed by atoms with Crippen LogP contribution in [0, 0.1) is 5.82 Å². The van der Waals surface area contributed by atoms with E-state index >= 15 is 4.39 Å². The fourth-order valence-electron chi connectivity index (χ4n) is 3.43. The summed E-state index contributed by atoms with van der Waals surface area (Å²) >= 11 is 5.94. The number of nitrogens with zero attached hydrogens (tertiary/aromatic N) is 4. The minimum absolute atomic E-state index is 0.0924. The Bertz CT molecular complexity index is 1500. The minimum Gasteiger partial charge on any atom is -0.412 e. The number of hydrogen-bond acceptors (Lipinski definition) is 8. The third kappa shape index (κ3) is 4.69. The molecule has 0 aliphatic carbocycles. The van der Waals surface area contributed by atoms with Gasteiger partial charge in [-0.15, -0.1) is 10.2 Å². The lowest BCUT2D eigenvalue weighted by Gasteiger charge is -2.23. The highest BCUT2D eigenvalue weighted by molar-refractivity contribution is 7.94. The molecule has 4 rings (SSSR count). The molecular weight excluding hydrogens is 513 g/mol. The first-order chi connectivity index (χ1) is 16.9. The predicted molar refractivity (Wildman–Crippen MR) is 129 cm³/mol. The van der Waals surface area contributed by atoms with Crippen LogP contribution >= 0.6 is 11.6 Å². The summed E-state index contributed by atoms with van der Waals surface area (Å²) in [4.78, 5) is 27.6. The van der Waals surface area contributed by atoms with Crippen molar-refractivity contribution in [3.8, 4) is 11.5 Å². The van der Waals surface area contributed by atoms with Gasteiger partial charge in [-0.05, 0) is 43.7 Å². The minimum atomic E-state index is -4.28. The molecule has 10 nitrogen and oxygen atoms in total. The Kier molecular flexibility index (Phi) is 6.58. The molecule has 0 fully saturated rings. The first-order valence-electron chi connectivity index (χ1n) is 10.6. The average Bonchev–Trinajstić information content (AvgIpc) is 3.29. The van der Waals surface area contributed by atoms with Gasteiger partial charge in [0.05, 0.1) is 28.1 Å². The number of benzene rings is 2. The maximum atomic E-state index is 15.2. The van der Waals surface area contributed by atoms with Gasteiger partial charge >= 0.3 is 11.8 Å². The second-order valence-corrected chi connectivity index (χ2v) is 10.6. The summed E-state index contributed by atoms with van der Waals surface area (Å²) in [5.41, 5.74) is 5.40. The number of carbonyl (C=O) groups excluding carboxylic acids is 2. The molecule has 1 aromatic heterocycles. The lowest BCUT2D eigenvalue weighted by molar-refractivity contribution is -0.115. The summed E-state index contributed by atoms with van der Waals surface area (Å²) < 4.78 is 46.4. The smallest absolute Gasteiger partial charge is 0.311 e. The van der Waals surface area contributed by atoms with Gasteiger partial charge in [0.1, 0.15) is 11.5 Å². The van der Waals surface area contributed by atoms with Crippen LogP contribution in [0.5, 0.6) is 0 Å². The number of rotatable bonds is 5. The third-order valence-electron chi connectivity index (χ3n) is 5.61. The van der Waals surface area contributed by atoms with Crippen molar-refractivity contribution in [1.82, 2.24) is 15.1 Å². The van der Waals surface area contributed by atoms with Gasteiger partial charge in [0, 0.05) is 18.1 Å². The Morgan fingerprint density at radius 1 is 1.22 bits per heavy atom. The number of halogens is 2. The van der Waals surface area contributed by atoms with Crippen molar-refractivity contribution in [2.45, 2.75) is 31.3 Å². The fraction of sp³-hybridized carbons (Fsp3) is 0.217. The number of anilines is 1. The van der Waals surface area contributed by atoms with E-state index in [-0.39, 0.29) is 35.6 Å². The molecule has 0 atom stereocenters. The Morgan fingerprint density at radius 3 is 2.53 bits per heavy atom. The lowest BCUT2D eigenvalue weighted by atomic mass is 10.1. The van der Waals surface area contributed by atoms with Crippen molar-refractivity contribution in [2.24, 2.45) is 5.73 Å². The summed E-state index contributed by atoms with van der Waals surface area (Å²) in [6, 6.07) is 8.22. The molecule has 0 unspecified atom stereocenters. The molecule has 13 heteroatoms. The van der Waals surface area contributed by atoms with E-state index in [1.807, 2.05) is 0 Å². The summed E-state index contributed by atoms with van der Waals surface area (Å²) in [5, 5.41) is 8.53. The number of nitrogens with two attached hydrogens (primary N) is 1. The van der Waals surface area contributed by atoms with E-state index < -0.39 is 38.1 Å². The molecule has 2 heterocycles. The number of sulfone groups is 1. The largest absolute Gasteiger partial charge is 0.412 e. The Hall–Kier alpha value is -3.77. The molecule has 2 aromatic carbocycles. The highest BCUT2D eigenvalue weighted by atomic mass is 35.5. The molecule has 0 radical (unpaired) electrons. The van der Waals surface area contributed by atoms with Gasteiger partial charge in [0.15, 0.2) is 0 Å². The van der Waals surface area contributed by atoms with E-state index in [4.69, 9.17) is 21.8 Å². The molecule has 0 saturated carbocycles. The van der Waals surface area contributed by atoms with Crippen LogP contribution in [0.4, 0.5) is 10.1 Å². The second kappa shape index (κ2) is 9.36. The number of amides is 2. The van der Waals surface area contributed by atoms with Crippen LogP contribution in [0.2, 0.25) is 5.02 Å². The Balaban J connectivity index is 1.85. The van der Waals surface area contributed by atoms with Crippen molar-refractivity contribution in [3.05, 3.63) is 69.8 Å². The van der Waals surface area contributed by atoms with Crippen LogP contribution in [0.15, 0.2) is 56.8 Å². The first-order valence-corrected chi connectivity index (χ1v) is 12.5. The molecule has 2 N–H and O–H groups in total. The van der Waals surface area contributed by atoms with Gasteiger partial charge < -0.3 is 20.0 Å². The van der Waals surface area contributed by atoms with Crippen LogP contribution in [0.1, 0.15) is 30.1 Å². The number of hydrogen-bond donors (Lipinski definition) is 1. The zero-order chi connectivity index (χ0) is 26.4. The quantitative estimate of drug-likeness (QED) is 0.527. The SMILES string of the molecule is CC(C)N(C)C(=O)c1nnc(-c2cc3c(cc2F)S(=O)(=O)C=C(N)C(=O)N3Cc2ccc(Cl)cc2)o1. The zero-order valence-corrected chi connectivity index (χ0v) is 21.0. The van der Waals surface area contributed by atoms with E-state index in [9.17, 15) is 18.0 Å². The van der Waals surface area contributed by atoms with E-state index in [2.05, 4.69) is 10.2 Å². The lowest BCUT2D eigenvalue weighted by Crippen LogP contribution is -2.33. The van der Waals surface area contributed by atoms with Crippen molar-refractivity contribution >= 4 is 38.9 Å². The Morgan fingerprint density at radius 2 is 1.89 bits per heavy atom. The van der Waals surface area contributed by atoms with E-state index in [1.54, 1.807) is 45.2 Å². The zero-order valence-electron chi connectivity index (χ0n) is 19.4. The van der Waals surface area contributed by atoms with Crippen LogP contribution < -0.4 is 10.6 Å². The van der Waals surface area contributed by atoms with Gasteiger partial charge in [-0.3, -0.25) is 9.59 Å². The van der Waals surface area contributed by atoms with Gasteiger partial charge in [-0.2, -0.15) is 0 Å². The van der Waals surface area contributed by atoms with Crippen molar-refractivity contribution < 1.29 is 26.8 Å². The first kappa shape index (κ1) is 25.3. The molecule has 2 amide bonds. The monoisotopic (exact) mass is 533 g/mol. The third-order valence-corrected chi connectivity index (χ3v) is 7.36. The summed E-state index contributed by atoms with van der Waals surface area (Å²) in [6.45, 7) is 3.48. The van der Waals surface area contributed by atoms with Crippen LogP contribution in [-0.2, 0) is 21.2 Å². The van der Waals surface area contributed by atoms with E-state index in [0.29, 0.717) is 16.0 Å². The summed E-state index contributed by atoms with van der Waals surface area (Å²) in [6.07, 6.45) is 0. The van der Waals surface area contributed by atoms with Crippen molar-refractivity contribution in [3.63, 3.8) is 0 Å². The molecule has 0 saturated heterocycles. The maximum absolute atomic E-state index is 15.2. The topological polar surface area (TPSA) is 140 Å². The Labute approximate surface area is 211 Å². The van der Waals surface area contributed by atoms with Gasteiger partial charge in [0.2, 0.25) is 9.84 Å². The second-order valence-electron chi connectivity index (χ2n) is 8.36. The molecule has 1 aliphatic heterocycles. The number of aromatic nitrogens is 2. The summed E-state index contributed by atoms with van der Waals surface area (Å²) in [5.74, 6) is -3.12. The van der Waals surface area contributed by atoms with Crippen molar-refractivity contribution in [1.29, 1.82) is 0 Å². The van der Waals surface area contributed by atoms with Gasteiger partial charge in [-0.1, -0.05) is 23.7 Å². The molecule has 0 spiro atoms. The molecule has 36 heavy (non-hydrogen) atoms. The van der Waals surface area contributed by atoms with E-state index in [1.165, 1.54) is 4.90 Å². The van der Waals surface area contributed by atoms with Gasteiger partial charge in [0.25, 0.3) is 11.8 Å². The maximum Gasteiger partial charge on any atom is 0.311 e. The van der Waals surface area contributed by atoms with Crippen LogP contribution in [-0.4, -0.2) is 48.4 Å². The molecular formula is C23H21ClFN5O5S. The molecule has 188 valence electrons.